The highest BCUT2D eigenvalue weighted by molar-refractivity contribution is 6.17. The number of nitrogens with one attached hydrogen (secondary N) is 1. The number of pyridine rings is 1. The van der Waals surface area contributed by atoms with E-state index < -0.39 is 0 Å². The molecule has 2 aromatic rings. The molecule has 1 aromatic heterocycles. The first-order valence-electron chi connectivity index (χ1n) is 5.20. The standard InChI is InChI=1S/C12H9ClFNO2/c13-3-6-1-9(14)11-7-4-17-5-8(7)12(16)15-10(11)2-6/h1-2H,3-5H2,(H,15,16). The molecule has 0 aliphatic carbocycles. The minimum absolute atomic E-state index is 0.211. The molecule has 3 rings (SSSR count). The summed E-state index contributed by atoms with van der Waals surface area (Å²) in [5, 5.41) is 0.436. The summed E-state index contributed by atoms with van der Waals surface area (Å²) in [5.74, 6) is -0.154. The van der Waals surface area contributed by atoms with Gasteiger partial charge in [0.25, 0.3) is 5.56 Å². The maximum Gasteiger partial charge on any atom is 0.254 e. The number of aromatic amines is 1. The van der Waals surface area contributed by atoms with E-state index in [1.807, 2.05) is 0 Å². The third-order valence-corrected chi connectivity index (χ3v) is 3.29. The van der Waals surface area contributed by atoms with E-state index in [1.165, 1.54) is 6.07 Å². The third-order valence-electron chi connectivity index (χ3n) is 2.99. The van der Waals surface area contributed by atoms with E-state index in [9.17, 15) is 9.18 Å². The van der Waals surface area contributed by atoms with Crippen LogP contribution in [0.5, 0.6) is 0 Å². The predicted octanol–water partition coefficient (Wildman–Crippen LogP) is 2.44. The van der Waals surface area contributed by atoms with Crippen molar-refractivity contribution in [3.8, 4) is 0 Å². The van der Waals surface area contributed by atoms with Gasteiger partial charge in [0.1, 0.15) is 5.82 Å². The van der Waals surface area contributed by atoms with Gasteiger partial charge in [-0.25, -0.2) is 4.39 Å². The lowest BCUT2D eigenvalue weighted by Crippen LogP contribution is -2.13. The monoisotopic (exact) mass is 253 g/mol. The molecule has 0 saturated carbocycles. The lowest BCUT2D eigenvalue weighted by molar-refractivity contribution is 0.134. The first-order chi connectivity index (χ1) is 8.20. The van der Waals surface area contributed by atoms with Crippen LogP contribution in [-0.4, -0.2) is 4.98 Å². The Morgan fingerprint density at radius 2 is 2.12 bits per heavy atom. The van der Waals surface area contributed by atoms with Gasteiger partial charge in [0.2, 0.25) is 0 Å². The van der Waals surface area contributed by atoms with Gasteiger partial charge in [0, 0.05) is 22.4 Å². The van der Waals surface area contributed by atoms with Crippen LogP contribution in [0.25, 0.3) is 10.9 Å². The summed E-state index contributed by atoms with van der Waals surface area (Å²) in [7, 11) is 0. The Kier molecular flexibility index (Phi) is 2.42. The minimum Gasteiger partial charge on any atom is -0.372 e. The number of hydrogen-bond acceptors (Lipinski definition) is 2. The normalized spacial score (nSPS) is 14.2. The highest BCUT2D eigenvalue weighted by Crippen LogP contribution is 2.28. The molecule has 2 heterocycles. The molecule has 5 heteroatoms. The molecule has 1 N–H and O–H groups in total. The zero-order valence-electron chi connectivity index (χ0n) is 8.85. The number of aromatic nitrogens is 1. The number of benzene rings is 1. The zero-order valence-corrected chi connectivity index (χ0v) is 9.60. The van der Waals surface area contributed by atoms with E-state index in [1.54, 1.807) is 6.07 Å². The van der Waals surface area contributed by atoms with Crippen molar-refractivity contribution >= 4 is 22.5 Å². The molecular formula is C12H9ClFNO2. The van der Waals surface area contributed by atoms with Crippen LogP contribution < -0.4 is 5.56 Å². The fourth-order valence-electron chi connectivity index (χ4n) is 2.20. The van der Waals surface area contributed by atoms with E-state index in [4.69, 9.17) is 16.3 Å². The Morgan fingerprint density at radius 3 is 2.88 bits per heavy atom. The molecule has 3 nitrogen and oxygen atoms in total. The first kappa shape index (κ1) is 10.7. The summed E-state index contributed by atoms with van der Waals surface area (Å²) < 4.78 is 19.2. The van der Waals surface area contributed by atoms with Gasteiger partial charge in [-0.2, -0.15) is 0 Å². The second-order valence-corrected chi connectivity index (χ2v) is 4.31. The summed E-state index contributed by atoms with van der Waals surface area (Å²) in [6.45, 7) is 0.532. The zero-order chi connectivity index (χ0) is 12.0. The Hall–Kier alpha value is -1.39. The van der Waals surface area contributed by atoms with Crippen molar-refractivity contribution < 1.29 is 9.13 Å². The molecule has 0 saturated heterocycles. The van der Waals surface area contributed by atoms with Gasteiger partial charge in [-0.05, 0) is 17.7 Å². The average molecular weight is 254 g/mol. The van der Waals surface area contributed by atoms with E-state index in [0.717, 1.165) is 0 Å². The van der Waals surface area contributed by atoms with Crippen LogP contribution in [0.4, 0.5) is 4.39 Å². The van der Waals surface area contributed by atoms with Gasteiger partial charge in [-0.1, -0.05) is 0 Å². The van der Waals surface area contributed by atoms with Crippen molar-refractivity contribution in [1.29, 1.82) is 0 Å². The maximum absolute atomic E-state index is 14.0. The van der Waals surface area contributed by atoms with Crippen LogP contribution in [0.3, 0.4) is 0 Å². The van der Waals surface area contributed by atoms with Crippen LogP contribution in [0.1, 0.15) is 16.7 Å². The molecule has 1 aliphatic heterocycles. The van der Waals surface area contributed by atoms with Crippen LogP contribution in [-0.2, 0) is 23.8 Å². The number of fused-ring (bicyclic) bond motifs is 3. The van der Waals surface area contributed by atoms with Gasteiger partial charge >= 0.3 is 0 Å². The van der Waals surface area contributed by atoms with Crippen LogP contribution in [0, 0.1) is 5.82 Å². The fraction of sp³-hybridized carbons (Fsp3) is 0.250. The van der Waals surface area contributed by atoms with Crippen LogP contribution >= 0.6 is 11.6 Å². The Labute approximate surface area is 101 Å². The largest absolute Gasteiger partial charge is 0.372 e. The molecule has 0 amide bonds. The van der Waals surface area contributed by atoms with E-state index in [-0.39, 0.29) is 30.5 Å². The Balaban J connectivity index is 2.45. The molecule has 0 radical (unpaired) electrons. The molecule has 0 fully saturated rings. The molecule has 1 aromatic carbocycles. The number of rotatable bonds is 1. The van der Waals surface area contributed by atoms with Crippen molar-refractivity contribution in [3.05, 3.63) is 45.0 Å². The number of alkyl halides is 1. The van der Waals surface area contributed by atoms with Crippen LogP contribution in [0.15, 0.2) is 16.9 Å². The quantitative estimate of drug-likeness (QED) is 0.793. The van der Waals surface area contributed by atoms with Gasteiger partial charge in [0.05, 0.1) is 18.7 Å². The second kappa shape index (κ2) is 3.82. The van der Waals surface area contributed by atoms with E-state index >= 15 is 0 Å². The van der Waals surface area contributed by atoms with Crippen molar-refractivity contribution in [2.24, 2.45) is 0 Å². The summed E-state index contributed by atoms with van der Waals surface area (Å²) in [6, 6.07) is 3.09. The molecule has 17 heavy (non-hydrogen) atoms. The van der Waals surface area contributed by atoms with E-state index in [2.05, 4.69) is 4.98 Å². The summed E-state index contributed by atoms with van der Waals surface area (Å²) in [5.41, 5.74) is 2.09. The van der Waals surface area contributed by atoms with Gasteiger partial charge in [-0.15, -0.1) is 11.6 Å². The molecule has 88 valence electrons. The lowest BCUT2D eigenvalue weighted by Gasteiger charge is -2.06. The molecular weight excluding hydrogens is 245 g/mol. The van der Waals surface area contributed by atoms with Gasteiger partial charge < -0.3 is 9.72 Å². The SMILES string of the molecule is O=c1[nH]c2cc(CCl)cc(F)c2c2c1COC2. The number of ether oxygens (including phenoxy) is 1. The molecule has 0 unspecified atom stereocenters. The molecule has 0 atom stereocenters. The minimum atomic E-state index is -0.365. The first-order valence-corrected chi connectivity index (χ1v) is 5.74. The molecule has 0 bridgehead atoms. The second-order valence-electron chi connectivity index (χ2n) is 4.04. The number of H-pyrrole nitrogens is 1. The summed E-state index contributed by atoms with van der Waals surface area (Å²) >= 11 is 5.67. The fourth-order valence-corrected chi connectivity index (χ4v) is 2.35. The summed E-state index contributed by atoms with van der Waals surface area (Å²) in [4.78, 5) is 14.4. The third kappa shape index (κ3) is 1.56. The molecule has 1 aliphatic rings. The van der Waals surface area contributed by atoms with Crippen molar-refractivity contribution in [1.82, 2.24) is 4.98 Å². The average Bonchev–Trinajstić information content (AvgIpc) is 2.77. The smallest absolute Gasteiger partial charge is 0.254 e. The van der Waals surface area contributed by atoms with Gasteiger partial charge in [-0.3, -0.25) is 4.79 Å². The highest BCUT2D eigenvalue weighted by atomic mass is 35.5. The summed E-state index contributed by atoms with van der Waals surface area (Å²) in [6.07, 6.45) is 0. The number of halogens is 2. The predicted molar refractivity (Wildman–Crippen MR) is 62.6 cm³/mol. The van der Waals surface area contributed by atoms with Crippen molar-refractivity contribution in [2.45, 2.75) is 19.1 Å². The van der Waals surface area contributed by atoms with E-state index in [0.29, 0.717) is 27.6 Å². The molecule has 0 spiro atoms. The van der Waals surface area contributed by atoms with Crippen LogP contribution in [0.2, 0.25) is 0 Å². The Bertz CT molecular complexity index is 666. The number of hydrogen-bond donors (Lipinski definition) is 1. The van der Waals surface area contributed by atoms with Crippen molar-refractivity contribution in [2.75, 3.05) is 0 Å². The maximum atomic E-state index is 14.0. The van der Waals surface area contributed by atoms with Gasteiger partial charge in [0.15, 0.2) is 0 Å². The highest BCUT2D eigenvalue weighted by Gasteiger charge is 2.21. The Morgan fingerprint density at radius 1 is 1.35 bits per heavy atom. The lowest BCUT2D eigenvalue weighted by atomic mass is 10.0. The topological polar surface area (TPSA) is 42.1 Å². The van der Waals surface area contributed by atoms with Crippen molar-refractivity contribution in [3.63, 3.8) is 0 Å².